The van der Waals surface area contributed by atoms with E-state index >= 15 is 0 Å². The van der Waals surface area contributed by atoms with Crippen molar-refractivity contribution in [3.05, 3.63) is 53.3 Å². The third kappa shape index (κ3) is 11.9. The van der Waals surface area contributed by atoms with E-state index in [2.05, 4.69) is 45.9 Å². The third-order valence-electron chi connectivity index (χ3n) is 6.81. The SMILES string of the molecule is COc1nc(NCCS(=O)(=O)O)nc(Nc2ccc(C=Cc3ccc(Nc4nc(CO)nc(N(CCO)CCO)n4)cc3S(=O)(=O)O)c(S(=O)(=O)O)c2)n1. The summed E-state index contributed by atoms with van der Waals surface area (Å²) >= 11 is 0. The zero-order chi connectivity index (χ0) is 39.7. The molecule has 0 atom stereocenters. The van der Waals surface area contributed by atoms with E-state index in [-0.39, 0.29) is 91.0 Å². The fourth-order valence-corrected chi connectivity index (χ4v) is 6.27. The van der Waals surface area contributed by atoms with Crippen LogP contribution in [0.15, 0.2) is 46.2 Å². The monoisotopic (exact) mass is 814 g/mol. The van der Waals surface area contributed by atoms with Gasteiger partial charge in [-0.05, 0) is 35.4 Å². The molecule has 23 nitrogen and oxygen atoms in total. The molecule has 2 aromatic carbocycles. The van der Waals surface area contributed by atoms with Crippen LogP contribution in [-0.4, -0.2) is 130 Å². The summed E-state index contributed by atoms with van der Waals surface area (Å²) in [5, 5.41) is 36.4. The van der Waals surface area contributed by atoms with E-state index < -0.39 is 52.5 Å². The lowest BCUT2D eigenvalue weighted by atomic mass is 10.1. The number of benzene rings is 2. The van der Waals surface area contributed by atoms with Gasteiger partial charge in [-0.15, -0.1) is 0 Å². The lowest BCUT2D eigenvalue weighted by Gasteiger charge is -2.21. The minimum Gasteiger partial charge on any atom is -0.467 e. The van der Waals surface area contributed by atoms with E-state index in [0.717, 1.165) is 24.3 Å². The molecule has 292 valence electrons. The quantitative estimate of drug-likeness (QED) is 0.0437. The van der Waals surface area contributed by atoms with Crippen LogP contribution >= 0.6 is 0 Å². The predicted molar refractivity (Wildman–Crippen MR) is 191 cm³/mol. The van der Waals surface area contributed by atoms with Crippen molar-refractivity contribution < 1.29 is 59.0 Å². The molecule has 0 fully saturated rings. The van der Waals surface area contributed by atoms with Gasteiger partial charge in [0.2, 0.25) is 23.8 Å². The summed E-state index contributed by atoms with van der Waals surface area (Å²) in [5.74, 6) is -1.25. The van der Waals surface area contributed by atoms with Crippen LogP contribution in [0.1, 0.15) is 17.0 Å². The fraction of sp³-hybridized carbons (Fsp3) is 0.286. The van der Waals surface area contributed by atoms with Crippen molar-refractivity contribution in [2.45, 2.75) is 16.4 Å². The Morgan fingerprint density at radius 1 is 0.704 bits per heavy atom. The van der Waals surface area contributed by atoms with Gasteiger partial charge in [0.1, 0.15) is 16.4 Å². The average Bonchev–Trinajstić information content (AvgIpc) is 3.09. The molecule has 0 saturated carbocycles. The molecule has 26 heteroatoms. The standard InChI is InChI=1S/C28H34N10O13S3/c1-51-28-36-24(29-8-13-52(42,43)44)34-26(37-28)31-20-7-5-18(22(15-20)54(48,49)50)3-2-17-4-6-19(14-21(17)53(45,46)47)30-25-32-23(16-41)33-27(35-25)38(9-11-39)10-12-40/h2-7,14-15,39-41H,8-13,16H2,1H3,(H,42,43,44)(H,45,46,47)(H,48,49,50)(H,30,32,33,35)(H2,29,31,34,36,37). The smallest absolute Gasteiger partial charge is 0.322 e. The molecule has 4 rings (SSSR count). The Hall–Kier alpha value is -5.19. The van der Waals surface area contributed by atoms with E-state index in [4.69, 9.17) is 9.29 Å². The zero-order valence-corrected chi connectivity index (χ0v) is 30.4. The topological polar surface area (TPSA) is 350 Å². The highest BCUT2D eigenvalue weighted by molar-refractivity contribution is 7.86. The molecule has 9 N–H and O–H groups in total. The summed E-state index contributed by atoms with van der Waals surface area (Å²) in [6, 6.07) is 7.08. The first-order chi connectivity index (χ1) is 25.4. The van der Waals surface area contributed by atoms with Gasteiger partial charge in [0.25, 0.3) is 30.4 Å². The van der Waals surface area contributed by atoms with Crippen molar-refractivity contribution in [1.29, 1.82) is 0 Å². The van der Waals surface area contributed by atoms with E-state index in [9.17, 15) is 49.7 Å². The van der Waals surface area contributed by atoms with E-state index in [1.54, 1.807) is 0 Å². The van der Waals surface area contributed by atoms with Crippen molar-refractivity contribution in [3.63, 3.8) is 0 Å². The third-order valence-corrected chi connectivity index (χ3v) is 9.35. The zero-order valence-electron chi connectivity index (χ0n) is 28.0. The Morgan fingerprint density at radius 3 is 1.69 bits per heavy atom. The second-order valence-electron chi connectivity index (χ2n) is 10.7. The summed E-state index contributed by atoms with van der Waals surface area (Å²) < 4.78 is 106. The molecule has 0 aliphatic heterocycles. The predicted octanol–water partition coefficient (Wildman–Crippen LogP) is -0.201. The van der Waals surface area contributed by atoms with Gasteiger partial charge < -0.3 is 40.9 Å². The van der Waals surface area contributed by atoms with Crippen molar-refractivity contribution in [3.8, 4) is 6.01 Å². The molecular weight excluding hydrogens is 781 g/mol. The van der Waals surface area contributed by atoms with Gasteiger partial charge in [0, 0.05) is 31.0 Å². The summed E-state index contributed by atoms with van der Waals surface area (Å²) in [5.41, 5.74) is -0.135. The lowest BCUT2D eigenvalue weighted by molar-refractivity contribution is 0.269. The Morgan fingerprint density at radius 2 is 1.22 bits per heavy atom. The fourth-order valence-electron chi connectivity index (χ4n) is 4.49. The number of anilines is 6. The number of hydrogen-bond donors (Lipinski definition) is 9. The van der Waals surface area contributed by atoms with E-state index in [0.29, 0.717) is 0 Å². The van der Waals surface area contributed by atoms with Gasteiger partial charge in [-0.3, -0.25) is 13.7 Å². The van der Waals surface area contributed by atoms with Crippen LogP contribution in [0, 0.1) is 0 Å². The first-order valence-electron chi connectivity index (χ1n) is 15.2. The highest BCUT2D eigenvalue weighted by Crippen LogP contribution is 2.28. The minimum absolute atomic E-state index is 0.00591. The molecule has 0 aliphatic carbocycles. The summed E-state index contributed by atoms with van der Waals surface area (Å²) in [4.78, 5) is 24.4. The van der Waals surface area contributed by atoms with E-state index in [1.165, 1.54) is 36.3 Å². The van der Waals surface area contributed by atoms with Crippen LogP contribution in [0.4, 0.5) is 35.2 Å². The number of rotatable bonds is 19. The van der Waals surface area contributed by atoms with Crippen molar-refractivity contribution in [2.24, 2.45) is 0 Å². The second kappa shape index (κ2) is 17.8. The highest BCUT2D eigenvalue weighted by atomic mass is 32.2. The van der Waals surface area contributed by atoms with Crippen molar-refractivity contribution in [2.75, 3.05) is 66.6 Å². The molecule has 0 radical (unpaired) electrons. The Kier molecular flexibility index (Phi) is 13.7. The van der Waals surface area contributed by atoms with Gasteiger partial charge in [0.15, 0.2) is 5.82 Å². The van der Waals surface area contributed by atoms with Crippen LogP contribution in [-0.2, 0) is 37.0 Å². The van der Waals surface area contributed by atoms with Crippen LogP contribution in [0.2, 0.25) is 0 Å². The van der Waals surface area contributed by atoms with Gasteiger partial charge in [-0.25, -0.2) is 0 Å². The van der Waals surface area contributed by atoms with Crippen LogP contribution in [0.3, 0.4) is 0 Å². The average molecular weight is 815 g/mol. The first kappa shape index (κ1) is 41.6. The number of aliphatic hydroxyl groups excluding tert-OH is 3. The Labute approximate surface area is 308 Å². The maximum Gasteiger partial charge on any atom is 0.322 e. The number of aliphatic hydroxyl groups is 3. The highest BCUT2D eigenvalue weighted by Gasteiger charge is 2.20. The van der Waals surface area contributed by atoms with Gasteiger partial charge >= 0.3 is 6.01 Å². The molecule has 0 aliphatic rings. The van der Waals surface area contributed by atoms with Crippen LogP contribution < -0.4 is 25.6 Å². The summed E-state index contributed by atoms with van der Waals surface area (Å²) in [6.07, 6.45) is 2.33. The molecule has 4 aromatic rings. The molecule has 0 spiro atoms. The molecule has 2 heterocycles. The maximum absolute atomic E-state index is 12.4. The molecule has 54 heavy (non-hydrogen) atoms. The van der Waals surface area contributed by atoms with Crippen LogP contribution in [0.25, 0.3) is 12.2 Å². The largest absolute Gasteiger partial charge is 0.467 e. The number of methoxy groups -OCH3 is 1. The summed E-state index contributed by atoms with van der Waals surface area (Å²) in [6.45, 7) is -1.41. The molecule has 0 bridgehead atoms. The molecule has 0 unspecified atom stereocenters. The van der Waals surface area contributed by atoms with Crippen molar-refractivity contribution >= 4 is 77.7 Å². The molecule has 0 saturated heterocycles. The maximum atomic E-state index is 12.4. The van der Waals surface area contributed by atoms with Crippen molar-refractivity contribution in [1.82, 2.24) is 29.9 Å². The Bertz CT molecular complexity index is 2330. The molecule has 0 amide bonds. The van der Waals surface area contributed by atoms with Crippen LogP contribution in [0.5, 0.6) is 6.01 Å². The van der Waals surface area contributed by atoms with Gasteiger partial charge in [-0.2, -0.15) is 55.2 Å². The minimum atomic E-state index is -4.91. The summed E-state index contributed by atoms with van der Waals surface area (Å²) in [7, 11) is -12.9. The molecule has 2 aromatic heterocycles. The number of nitrogens with zero attached hydrogens (tertiary/aromatic N) is 7. The molecular formula is C28H34N10O13S3. The number of aromatic nitrogens is 6. The second-order valence-corrected chi connectivity index (χ2v) is 15.0. The number of hydrogen-bond acceptors (Lipinski definition) is 20. The normalized spacial score (nSPS) is 12.1. The van der Waals surface area contributed by atoms with Gasteiger partial charge in [-0.1, -0.05) is 24.3 Å². The van der Waals surface area contributed by atoms with Gasteiger partial charge in [0.05, 0.1) is 26.1 Å². The number of ether oxygens (including phenoxy) is 1. The van der Waals surface area contributed by atoms with E-state index in [1.807, 2.05) is 0 Å². The Balaban J connectivity index is 1.64. The first-order valence-corrected chi connectivity index (χ1v) is 19.7. The lowest BCUT2D eigenvalue weighted by Crippen LogP contribution is -2.32. The number of nitrogens with one attached hydrogen (secondary N) is 3.